The van der Waals surface area contributed by atoms with Gasteiger partial charge in [-0.3, -0.25) is 0 Å². The third-order valence-corrected chi connectivity index (χ3v) is 4.95. The Morgan fingerprint density at radius 3 is 2.93 bits per heavy atom. The predicted molar refractivity (Wildman–Crippen MR) is 62.2 cm³/mol. The van der Waals surface area contributed by atoms with Crippen LogP contribution < -0.4 is 0 Å². The predicted octanol–water partition coefficient (Wildman–Crippen LogP) is 4.56. The van der Waals surface area contributed by atoms with E-state index in [1.807, 2.05) is 0 Å². The standard InChI is InChI=1S/C14H24/c1-4-14(3)9-5-6-12-10-11(2)7-8-13(12)14/h12-13H,2,4-10H2,1,3H3/t12?,13-,14+/m0/s1. The summed E-state index contributed by atoms with van der Waals surface area (Å²) in [5.41, 5.74) is 2.18. The molecule has 3 atom stereocenters. The van der Waals surface area contributed by atoms with E-state index >= 15 is 0 Å². The number of hydrogen-bond acceptors (Lipinski definition) is 0. The highest BCUT2D eigenvalue weighted by Crippen LogP contribution is 2.52. The van der Waals surface area contributed by atoms with Gasteiger partial charge < -0.3 is 0 Å². The molecule has 80 valence electrons. The molecular weight excluding hydrogens is 168 g/mol. The van der Waals surface area contributed by atoms with Crippen LogP contribution in [0.1, 0.15) is 58.8 Å². The van der Waals surface area contributed by atoms with E-state index in [1.165, 1.54) is 50.5 Å². The maximum atomic E-state index is 4.18. The molecule has 0 nitrogen and oxygen atoms in total. The van der Waals surface area contributed by atoms with Crippen molar-refractivity contribution in [1.82, 2.24) is 0 Å². The van der Waals surface area contributed by atoms with Gasteiger partial charge in [0, 0.05) is 0 Å². The van der Waals surface area contributed by atoms with E-state index in [-0.39, 0.29) is 0 Å². The van der Waals surface area contributed by atoms with Gasteiger partial charge in [0.15, 0.2) is 0 Å². The lowest BCUT2D eigenvalue weighted by atomic mass is 9.56. The van der Waals surface area contributed by atoms with Crippen LogP contribution in [0.25, 0.3) is 0 Å². The fraction of sp³-hybridized carbons (Fsp3) is 0.857. The summed E-state index contributed by atoms with van der Waals surface area (Å²) in [4.78, 5) is 0. The van der Waals surface area contributed by atoms with E-state index in [1.54, 1.807) is 0 Å². The first-order chi connectivity index (χ1) is 6.65. The normalized spacial score (nSPS) is 43.4. The van der Waals surface area contributed by atoms with Gasteiger partial charge in [0.05, 0.1) is 0 Å². The van der Waals surface area contributed by atoms with Crippen LogP contribution in [0.15, 0.2) is 12.2 Å². The summed E-state index contributed by atoms with van der Waals surface area (Å²) in [6.45, 7) is 9.09. The molecule has 0 spiro atoms. The molecule has 14 heavy (non-hydrogen) atoms. The Balaban J connectivity index is 2.13. The van der Waals surface area contributed by atoms with Gasteiger partial charge >= 0.3 is 0 Å². The largest absolute Gasteiger partial charge is 0.0999 e. The van der Waals surface area contributed by atoms with Crippen molar-refractivity contribution in [3.05, 3.63) is 12.2 Å². The highest BCUT2D eigenvalue weighted by atomic mass is 14.5. The Morgan fingerprint density at radius 2 is 2.21 bits per heavy atom. The Labute approximate surface area is 88.8 Å². The topological polar surface area (TPSA) is 0 Å². The van der Waals surface area contributed by atoms with Crippen LogP contribution in [0.4, 0.5) is 0 Å². The molecule has 0 amide bonds. The van der Waals surface area contributed by atoms with Crippen LogP contribution in [0.3, 0.4) is 0 Å². The van der Waals surface area contributed by atoms with Crippen molar-refractivity contribution >= 4 is 0 Å². The van der Waals surface area contributed by atoms with Crippen molar-refractivity contribution in [2.24, 2.45) is 17.3 Å². The zero-order chi connectivity index (χ0) is 10.2. The first-order valence-corrected chi connectivity index (χ1v) is 6.32. The molecule has 0 aromatic rings. The van der Waals surface area contributed by atoms with E-state index in [0.29, 0.717) is 5.41 Å². The molecule has 1 unspecified atom stereocenters. The second-order valence-corrected chi connectivity index (χ2v) is 5.76. The minimum Gasteiger partial charge on any atom is -0.0999 e. The molecule has 0 heterocycles. The molecular formula is C14H24. The summed E-state index contributed by atoms with van der Waals surface area (Å²) in [5.74, 6) is 1.99. The van der Waals surface area contributed by atoms with E-state index in [4.69, 9.17) is 0 Å². The molecule has 0 N–H and O–H groups in total. The molecule has 2 aliphatic carbocycles. The third kappa shape index (κ3) is 1.64. The second kappa shape index (κ2) is 3.72. The van der Waals surface area contributed by atoms with Crippen LogP contribution in [-0.2, 0) is 0 Å². The van der Waals surface area contributed by atoms with E-state index in [0.717, 1.165) is 11.8 Å². The SMILES string of the molecule is C=C1CC[C@H]2C(CCC[C@@]2(C)CC)C1. The molecule has 2 rings (SSSR count). The first-order valence-electron chi connectivity index (χ1n) is 6.32. The highest BCUT2D eigenvalue weighted by Gasteiger charge is 2.42. The molecule has 0 bridgehead atoms. The van der Waals surface area contributed by atoms with Crippen LogP contribution in [0, 0.1) is 17.3 Å². The van der Waals surface area contributed by atoms with Crippen molar-refractivity contribution in [1.29, 1.82) is 0 Å². The molecule has 2 aliphatic rings. The quantitative estimate of drug-likeness (QED) is 0.534. The van der Waals surface area contributed by atoms with Gasteiger partial charge in [-0.25, -0.2) is 0 Å². The van der Waals surface area contributed by atoms with Crippen molar-refractivity contribution < 1.29 is 0 Å². The Morgan fingerprint density at radius 1 is 1.43 bits per heavy atom. The molecule has 0 radical (unpaired) electrons. The Bertz CT molecular complexity index is 228. The van der Waals surface area contributed by atoms with Gasteiger partial charge in [0.2, 0.25) is 0 Å². The molecule has 0 heteroatoms. The van der Waals surface area contributed by atoms with Crippen LogP contribution >= 0.6 is 0 Å². The van der Waals surface area contributed by atoms with E-state index in [9.17, 15) is 0 Å². The van der Waals surface area contributed by atoms with Crippen molar-refractivity contribution in [3.8, 4) is 0 Å². The Hall–Kier alpha value is -0.260. The zero-order valence-corrected chi connectivity index (χ0v) is 9.81. The van der Waals surface area contributed by atoms with Gasteiger partial charge in [-0.05, 0) is 49.4 Å². The lowest BCUT2D eigenvalue weighted by molar-refractivity contribution is 0.0354. The van der Waals surface area contributed by atoms with Gasteiger partial charge in [-0.2, -0.15) is 0 Å². The lowest BCUT2D eigenvalue weighted by Crippen LogP contribution is -2.38. The lowest BCUT2D eigenvalue weighted by Gasteiger charge is -2.49. The first kappa shape index (κ1) is 10.3. The average Bonchev–Trinajstić information content (AvgIpc) is 2.18. The monoisotopic (exact) mass is 192 g/mol. The van der Waals surface area contributed by atoms with Gasteiger partial charge in [0.25, 0.3) is 0 Å². The molecule has 2 fully saturated rings. The highest BCUT2D eigenvalue weighted by molar-refractivity contribution is 5.05. The zero-order valence-electron chi connectivity index (χ0n) is 9.81. The summed E-state index contributed by atoms with van der Waals surface area (Å²) < 4.78 is 0. The third-order valence-electron chi connectivity index (χ3n) is 4.95. The molecule has 0 aromatic carbocycles. The average molecular weight is 192 g/mol. The molecule has 0 saturated heterocycles. The molecule has 0 aliphatic heterocycles. The smallest absolute Gasteiger partial charge is 0.0292 e. The van der Waals surface area contributed by atoms with Gasteiger partial charge in [-0.1, -0.05) is 38.8 Å². The van der Waals surface area contributed by atoms with Gasteiger partial charge in [-0.15, -0.1) is 0 Å². The fourth-order valence-corrected chi connectivity index (χ4v) is 3.82. The van der Waals surface area contributed by atoms with E-state index in [2.05, 4.69) is 20.4 Å². The minimum atomic E-state index is 0.656. The Kier molecular flexibility index (Phi) is 2.72. The summed E-state index contributed by atoms with van der Waals surface area (Å²) in [5, 5.41) is 0. The summed E-state index contributed by atoms with van der Waals surface area (Å²) in [6.07, 6.45) is 9.83. The van der Waals surface area contributed by atoms with Crippen LogP contribution in [-0.4, -0.2) is 0 Å². The van der Waals surface area contributed by atoms with E-state index < -0.39 is 0 Å². The molecule has 0 aromatic heterocycles. The number of allylic oxidation sites excluding steroid dienone is 1. The van der Waals surface area contributed by atoms with Crippen molar-refractivity contribution in [2.45, 2.75) is 58.8 Å². The van der Waals surface area contributed by atoms with Gasteiger partial charge in [0.1, 0.15) is 0 Å². The number of rotatable bonds is 1. The fourth-order valence-electron chi connectivity index (χ4n) is 3.82. The summed E-state index contributed by atoms with van der Waals surface area (Å²) >= 11 is 0. The summed E-state index contributed by atoms with van der Waals surface area (Å²) in [7, 11) is 0. The summed E-state index contributed by atoms with van der Waals surface area (Å²) in [6, 6.07) is 0. The number of fused-ring (bicyclic) bond motifs is 1. The maximum Gasteiger partial charge on any atom is -0.0292 e. The van der Waals surface area contributed by atoms with Crippen LogP contribution in [0.5, 0.6) is 0 Å². The number of hydrogen-bond donors (Lipinski definition) is 0. The molecule has 2 saturated carbocycles. The van der Waals surface area contributed by atoms with Crippen LogP contribution in [0.2, 0.25) is 0 Å². The second-order valence-electron chi connectivity index (χ2n) is 5.76. The van der Waals surface area contributed by atoms with Crippen molar-refractivity contribution in [3.63, 3.8) is 0 Å². The maximum absolute atomic E-state index is 4.18. The van der Waals surface area contributed by atoms with Crippen molar-refractivity contribution in [2.75, 3.05) is 0 Å². The minimum absolute atomic E-state index is 0.656.